The second-order valence-corrected chi connectivity index (χ2v) is 23.5. The van der Waals surface area contributed by atoms with E-state index in [4.69, 9.17) is 0 Å². The molecule has 2 aromatic heterocycles. The topological polar surface area (TPSA) is 10.9 Å². The van der Waals surface area contributed by atoms with Gasteiger partial charge < -0.3 is 14.2 Å². The van der Waals surface area contributed by atoms with Crippen LogP contribution in [-0.4, -0.2) is 11.1 Å². The van der Waals surface area contributed by atoms with Crippen molar-refractivity contribution in [3.8, 4) is 77.9 Å². The van der Waals surface area contributed by atoms with E-state index in [1.54, 1.807) is 0 Å². The molecule has 0 radical (unpaired) electrons. The van der Waals surface area contributed by atoms with Gasteiger partial charge in [-0.15, -0.1) is 0 Å². The first-order valence-corrected chi connectivity index (χ1v) is 30.5. The molecule has 2 aliphatic heterocycles. The summed E-state index contributed by atoms with van der Waals surface area (Å²) in [6.45, 7) is -0.200. The minimum absolute atomic E-state index is 0.200. The predicted octanol–water partition coefficient (Wildman–Crippen LogP) is 20.6. The molecule has 408 valence electrons. The minimum Gasteiger partial charge on any atom is -0.310 e. The van der Waals surface area contributed by atoms with E-state index in [1.165, 1.54) is 76.7 Å². The van der Waals surface area contributed by atoms with Crippen LogP contribution in [0.5, 0.6) is 0 Å². The van der Waals surface area contributed by atoms with Crippen LogP contribution in [0.4, 0.5) is 34.1 Å². The van der Waals surface area contributed by atoms with Crippen molar-refractivity contribution in [1.29, 1.82) is 0 Å². The van der Waals surface area contributed by atoms with E-state index in [0.717, 1.165) is 89.8 Å². The lowest BCUT2D eigenvalue weighted by atomic mass is 9.33. The summed E-state index contributed by atoms with van der Waals surface area (Å²) in [5.41, 5.74) is 30.5. The summed E-state index contributed by atoms with van der Waals surface area (Å²) in [5.74, 6) is 0. The molecule has 0 saturated heterocycles. The second kappa shape index (κ2) is 20.1. The Hall–Kier alpha value is -11.5. The van der Waals surface area contributed by atoms with Crippen molar-refractivity contribution in [2.75, 3.05) is 9.80 Å². The third-order valence-electron chi connectivity index (χ3n) is 18.7. The number of aromatic nitrogens is 1. The van der Waals surface area contributed by atoms with Gasteiger partial charge in [0.05, 0.1) is 27.9 Å². The van der Waals surface area contributed by atoms with E-state index in [1.807, 2.05) is 0 Å². The monoisotopic (exact) mass is 1120 g/mol. The molecule has 0 saturated carbocycles. The van der Waals surface area contributed by atoms with Crippen molar-refractivity contribution in [2.24, 2.45) is 0 Å². The largest absolute Gasteiger partial charge is 0.310 e. The Balaban J connectivity index is 1.02. The van der Waals surface area contributed by atoms with Crippen LogP contribution in [0.2, 0.25) is 0 Å². The molecular formula is C84H54BN3. The van der Waals surface area contributed by atoms with Crippen LogP contribution in [0.15, 0.2) is 328 Å². The molecule has 0 unspecified atom stereocenters. The normalized spacial score (nSPS) is 12.5. The highest BCUT2D eigenvalue weighted by Gasteiger charge is 2.46. The number of benzene rings is 14. The molecule has 0 amide bonds. The van der Waals surface area contributed by atoms with Gasteiger partial charge in [0.25, 0.3) is 6.71 Å². The van der Waals surface area contributed by atoms with Gasteiger partial charge in [-0.3, -0.25) is 0 Å². The zero-order valence-electron chi connectivity index (χ0n) is 48.1. The molecule has 14 aromatic carbocycles. The van der Waals surface area contributed by atoms with E-state index in [2.05, 4.69) is 342 Å². The standard InChI is InChI=1S/C84H54BN3/c1-7-24-55(25-8-1)62-45-48-77-73(51-62)85-74-52-63(56-26-9-2-10-27-56)46-49-78(74)88(83-67(59-32-15-5-16-33-59)39-22-40-68(83)60-34-17-6-18-35-60)80-54-64(61-44-47-76-72(50-61)71-42-23-41-70-69-36-19-20-43-75(69)86(76)84(70)71)53-79(81(80)85)87(77)82-65(57-28-11-3-12-29-57)37-21-38-66(82)58-30-13-4-14-31-58/h1-54H. The molecule has 4 heterocycles. The van der Waals surface area contributed by atoms with E-state index < -0.39 is 0 Å². The number of hydrogen-bond acceptors (Lipinski definition) is 2. The number of nitrogens with zero attached hydrogens (tertiary/aromatic N) is 3. The first-order chi connectivity index (χ1) is 43.7. The molecule has 0 atom stereocenters. The highest BCUT2D eigenvalue weighted by atomic mass is 15.2. The van der Waals surface area contributed by atoms with Gasteiger partial charge in [-0.25, -0.2) is 0 Å². The number of anilines is 6. The molecule has 4 heteroatoms. The zero-order valence-corrected chi connectivity index (χ0v) is 48.1. The molecule has 88 heavy (non-hydrogen) atoms. The van der Waals surface area contributed by atoms with E-state index in [-0.39, 0.29) is 6.71 Å². The van der Waals surface area contributed by atoms with Crippen molar-refractivity contribution in [1.82, 2.24) is 4.40 Å². The predicted molar refractivity (Wildman–Crippen MR) is 373 cm³/mol. The van der Waals surface area contributed by atoms with Crippen LogP contribution in [0.25, 0.3) is 116 Å². The first-order valence-electron chi connectivity index (χ1n) is 30.5. The van der Waals surface area contributed by atoms with E-state index in [9.17, 15) is 0 Å². The van der Waals surface area contributed by atoms with Crippen molar-refractivity contribution in [3.05, 3.63) is 328 Å². The summed E-state index contributed by atoms with van der Waals surface area (Å²) in [6, 6.07) is 122. The van der Waals surface area contributed by atoms with Gasteiger partial charge in [0.1, 0.15) is 0 Å². The zero-order chi connectivity index (χ0) is 57.8. The van der Waals surface area contributed by atoms with Gasteiger partial charge >= 0.3 is 0 Å². The van der Waals surface area contributed by atoms with Gasteiger partial charge in [0.2, 0.25) is 0 Å². The highest BCUT2D eigenvalue weighted by molar-refractivity contribution is 7.00. The van der Waals surface area contributed by atoms with Crippen LogP contribution in [0.3, 0.4) is 0 Å². The van der Waals surface area contributed by atoms with Crippen LogP contribution >= 0.6 is 0 Å². The van der Waals surface area contributed by atoms with E-state index >= 15 is 0 Å². The second-order valence-electron chi connectivity index (χ2n) is 23.5. The average molecular weight is 1120 g/mol. The number of rotatable bonds is 9. The molecule has 2 aliphatic rings. The van der Waals surface area contributed by atoms with Gasteiger partial charge in [0.15, 0.2) is 0 Å². The lowest BCUT2D eigenvalue weighted by Crippen LogP contribution is -2.61. The van der Waals surface area contributed by atoms with Crippen molar-refractivity contribution < 1.29 is 0 Å². The Morgan fingerprint density at radius 3 is 1.02 bits per heavy atom. The lowest BCUT2D eigenvalue weighted by Gasteiger charge is -2.46. The lowest BCUT2D eigenvalue weighted by molar-refractivity contribution is 1.25. The maximum Gasteiger partial charge on any atom is 0.252 e. The fraction of sp³-hybridized carbons (Fsp3) is 0. The molecule has 3 nitrogen and oxygen atoms in total. The third-order valence-corrected chi connectivity index (χ3v) is 18.7. The number of fused-ring (bicyclic) bond motifs is 10. The quantitative estimate of drug-likeness (QED) is 0.133. The maximum atomic E-state index is 2.66. The molecular weight excluding hydrogens is 1060 g/mol. The molecule has 18 rings (SSSR count). The van der Waals surface area contributed by atoms with Crippen LogP contribution in [-0.2, 0) is 0 Å². The van der Waals surface area contributed by atoms with Crippen LogP contribution in [0, 0.1) is 0 Å². The summed E-state index contributed by atoms with van der Waals surface area (Å²) in [5, 5.41) is 5.05. The Kier molecular flexibility index (Phi) is 11.4. The Morgan fingerprint density at radius 2 is 0.568 bits per heavy atom. The van der Waals surface area contributed by atoms with Gasteiger partial charge in [-0.05, 0) is 114 Å². The molecule has 0 fully saturated rings. The fourth-order valence-electron chi connectivity index (χ4n) is 14.9. The van der Waals surface area contributed by atoms with Crippen molar-refractivity contribution >= 4 is 95.3 Å². The van der Waals surface area contributed by atoms with Crippen LogP contribution in [0.1, 0.15) is 0 Å². The number of para-hydroxylation sites is 4. The summed E-state index contributed by atoms with van der Waals surface area (Å²) < 4.78 is 2.49. The summed E-state index contributed by atoms with van der Waals surface area (Å²) in [6.07, 6.45) is 0. The summed E-state index contributed by atoms with van der Waals surface area (Å²) in [4.78, 5) is 5.32. The van der Waals surface area contributed by atoms with Crippen molar-refractivity contribution in [3.63, 3.8) is 0 Å². The van der Waals surface area contributed by atoms with E-state index in [0.29, 0.717) is 0 Å². The average Bonchev–Trinajstić information content (AvgIpc) is 1.05. The SMILES string of the molecule is c1ccc(-c2ccc3c(c2)B2c4cc(-c5ccccc5)ccc4N(c4c(-c5ccccc5)cccc4-c4ccccc4)c4cc(-c5ccc6c(c5)c5cccc7c8ccccc8n6c75)cc(c42)N3c2c(-c3ccccc3)cccc2-c2ccccc2)cc1. The van der Waals surface area contributed by atoms with Gasteiger partial charge in [-0.2, -0.15) is 0 Å². The van der Waals surface area contributed by atoms with Crippen molar-refractivity contribution in [2.45, 2.75) is 0 Å². The van der Waals surface area contributed by atoms with Gasteiger partial charge in [-0.1, -0.05) is 285 Å². The van der Waals surface area contributed by atoms with Crippen LogP contribution < -0.4 is 26.2 Å². The Morgan fingerprint density at radius 1 is 0.216 bits per heavy atom. The molecule has 0 aliphatic carbocycles. The maximum absolute atomic E-state index is 2.66. The molecule has 16 aromatic rings. The smallest absolute Gasteiger partial charge is 0.252 e. The molecule has 0 N–H and O–H groups in total. The molecule has 0 bridgehead atoms. The molecule has 0 spiro atoms. The van der Waals surface area contributed by atoms with Gasteiger partial charge in [0, 0.05) is 66.5 Å². The minimum atomic E-state index is -0.200. The number of hydrogen-bond donors (Lipinski definition) is 0. The third kappa shape index (κ3) is 7.72. The summed E-state index contributed by atoms with van der Waals surface area (Å²) in [7, 11) is 0. The summed E-state index contributed by atoms with van der Waals surface area (Å²) >= 11 is 0. The Bertz CT molecular complexity index is 5020. The first kappa shape index (κ1) is 49.9. The Labute approximate surface area is 512 Å². The highest BCUT2D eigenvalue weighted by Crippen LogP contribution is 2.54. The fourth-order valence-corrected chi connectivity index (χ4v) is 14.9.